The fourth-order valence-corrected chi connectivity index (χ4v) is 2.78. The van der Waals surface area contributed by atoms with E-state index in [9.17, 15) is 13.2 Å². The number of nitrogens with two attached hydrogens (primary N) is 1. The van der Waals surface area contributed by atoms with Crippen molar-refractivity contribution < 1.29 is 13.2 Å². The first-order chi connectivity index (χ1) is 7.71. The van der Waals surface area contributed by atoms with Gasteiger partial charge in [-0.15, -0.1) is 6.58 Å². The minimum absolute atomic E-state index is 0.252. The van der Waals surface area contributed by atoms with Crippen LogP contribution < -0.4 is 10.5 Å². The molecule has 17 heavy (non-hydrogen) atoms. The van der Waals surface area contributed by atoms with Crippen molar-refractivity contribution in [1.29, 1.82) is 0 Å². The Morgan fingerprint density at radius 3 is 2.47 bits per heavy atom. The Morgan fingerprint density at radius 2 is 2.12 bits per heavy atom. The summed E-state index contributed by atoms with van der Waals surface area (Å²) in [6, 6.07) is 0. The van der Waals surface area contributed by atoms with Crippen molar-refractivity contribution in [2.45, 2.75) is 49.8 Å². The number of hydrogen-bond donors (Lipinski definition) is 2. The van der Waals surface area contributed by atoms with Gasteiger partial charge in [0.2, 0.25) is 10.0 Å². The van der Waals surface area contributed by atoms with Gasteiger partial charge in [0.05, 0.1) is 10.3 Å². The number of carbonyl (C=O) groups is 1. The molecule has 1 saturated carbocycles. The lowest BCUT2D eigenvalue weighted by atomic mass is 9.93. The molecule has 0 aromatic carbocycles. The molecule has 1 amide bonds. The molecule has 0 saturated heterocycles. The molecule has 1 rings (SSSR count). The molecule has 98 valence electrons. The Kier molecular flexibility index (Phi) is 3.69. The van der Waals surface area contributed by atoms with E-state index < -0.39 is 26.2 Å². The average molecular weight is 260 g/mol. The monoisotopic (exact) mass is 260 g/mol. The minimum Gasteiger partial charge on any atom is -0.317 e. The second kappa shape index (κ2) is 4.42. The number of sulfonamides is 1. The summed E-state index contributed by atoms with van der Waals surface area (Å²) < 4.78 is 25.1. The molecule has 0 aliphatic heterocycles. The van der Waals surface area contributed by atoms with Gasteiger partial charge in [-0.25, -0.2) is 8.42 Å². The molecular formula is C11H20N2O3S. The van der Waals surface area contributed by atoms with Crippen LogP contribution in [-0.2, 0) is 14.8 Å². The van der Waals surface area contributed by atoms with Gasteiger partial charge in [0, 0.05) is 0 Å². The molecule has 0 radical (unpaired) electrons. The van der Waals surface area contributed by atoms with E-state index in [0.29, 0.717) is 19.3 Å². The zero-order chi connectivity index (χ0) is 13.3. The molecule has 1 fully saturated rings. The van der Waals surface area contributed by atoms with Crippen LogP contribution in [0.4, 0.5) is 0 Å². The third-order valence-electron chi connectivity index (χ3n) is 3.42. The zero-order valence-electron chi connectivity index (χ0n) is 10.3. The third kappa shape index (κ3) is 2.69. The molecule has 1 aliphatic rings. The van der Waals surface area contributed by atoms with Crippen LogP contribution in [0.5, 0.6) is 0 Å². The number of nitrogens with one attached hydrogen (secondary N) is 1. The molecule has 0 aromatic heterocycles. The van der Waals surface area contributed by atoms with Crippen molar-refractivity contribution >= 4 is 15.9 Å². The van der Waals surface area contributed by atoms with Crippen molar-refractivity contribution in [3.05, 3.63) is 12.7 Å². The SMILES string of the molecule is C=CCC(N)(CC)C(=O)NS(=O)(=O)C1(C)CC1. The molecule has 1 unspecified atom stereocenters. The van der Waals surface area contributed by atoms with Gasteiger partial charge in [0.25, 0.3) is 5.91 Å². The Balaban J connectivity index is 2.81. The van der Waals surface area contributed by atoms with Gasteiger partial charge in [-0.3, -0.25) is 9.52 Å². The zero-order valence-corrected chi connectivity index (χ0v) is 11.1. The van der Waals surface area contributed by atoms with E-state index in [4.69, 9.17) is 5.73 Å². The highest BCUT2D eigenvalue weighted by Gasteiger charge is 2.51. The Morgan fingerprint density at radius 1 is 1.59 bits per heavy atom. The lowest BCUT2D eigenvalue weighted by Gasteiger charge is -2.26. The molecule has 0 aromatic rings. The first-order valence-corrected chi connectivity index (χ1v) is 7.16. The van der Waals surface area contributed by atoms with E-state index in [0.717, 1.165) is 0 Å². The summed E-state index contributed by atoms with van der Waals surface area (Å²) in [6.45, 7) is 6.89. The number of amides is 1. The van der Waals surface area contributed by atoms with Gasteiger partial charge in [-0.2, -0.15) is 0 Å². The predicted molar refractivity (Wildman–Crippen MR) is 66.7 cm³/mol. The van der Waals surface area contributed by atoms with Gasteiger partial charge in [-0.1, -0.05) is 13.0 Å². The maximum absolute atomic E-state index is 11.9. The smallest absolute Gasteiger partial charge is 0.253 e. The number of rotatable bonds is 6. The van der Waals surface area contributed by atoms with Crippen molar-refractivity contribution in [3.63, 3.8) is 0 Å². The third-order valence-corrected chi connectivity index (χ3v) is 5.58. The summed E-state index contributed by atoms with van der Waals surface area (Å²) in [7, 11) is -3.61. The van der Waals surface area contributed by atoms with E-state index in [1.807, 2.05) is 0 Å². The normalized spacial score (nSPS) is 21.4. The van der Waals surface area contributed by atoms with E-state index >= 15 is 0 Å². The van der Waals surface area contributed by atoms with Crippen LogP contribution in [0.2, 0.25) is 0 Å². The molecular weight excluding hydrogens is 240 g/mol. The van der Waals surface area contributed by atoms with Crippen LogP contribution in [0, 0.1) is 0 Å². The van der Waals surface area contributed by atoms with Crippen LogP contribution in [0.25, 0.3) is 0 Å². The average Bonchev–Trinajstić information content (AvgIpc) is 2.97. The van der Waals surface area contributed by atoms with E-state index in [1.165, 1.54) is 6.08 Å². The van der Waals surface area contributed by atoms with Crippen LogP contribution in [0.3, 0.4) is 0 Å². The Labute approximate surface area is 103 Å². The van der Waals surface area contributed by atoms with E-state index in [-0.39, 0.29) is 6.42 Å². The Hall–Kier alpha value is -0.880. The van der Waals surface area contributed by atoms with Crippen LogP contribution in [0.15, 0.2) is 12.7 Å². The maximum Gasteiger partial charge on any atom is 0.253 e. The highest BCUT2D eigenvalue weighted by atomic mass is 32.2. The fourth-order valence-electron chi connectivity index (χ4n) is 1.45. The summed E-state index contributed by atoms with van der Waals surface area (Å²) in [5.74, 6) is -0.645. The van der Waals surface area contributed by atoms with Gasteiger partial charge >= 0.3 is 0 Å². The van der Waals surface area contributed by atoms with Gasteiger partial charge in [0.15, 0.2) is 0 Å². The van der Waals surface area contributed by atoms with Crippen molar-refractivity contribution in [3.8, 4) is 0 Å². The first kappa shape index (κ1) is 14.2. The lowest BCUT2D eigenvalue weighted by Crippen LogP contribution is -2.56. The summed E-state index contributed by atoms with van der Waals surface area (Å²) in [5, 5.41) is 0. The highest BCUT2D eigenvalue weighted by Crippen LogP contribution is 2.42. The van der Waals surface area contributed by atoms with E-state index in [1.54, 1.807) is 13.8 Å². The minimum atomic E-state index is -3.61. The summed E-state index contributed by atoms with van der Waals surface area (Å²) in [5.41, 5.74) is 4.68. The van der Waals surface area contributed by atoms with Crippen LogP contribution in [0.1, 0.15) is 39.5 Å². The van der Waals surface area contributed by atoms with Crippen LogP contribution >= 0.6 is 0 Å². The highest BCUT2D eigenvalue weighted by molar-refractivity contribution is 7.91. The van der Waals surface area contributed by atoms with Gasteiger partial charge in [0.1, 0.15) is 0 Å². The van der Waals surface area contributed by atoms with Crippen molar-refractivity contribution in [2.24, 2.45) is 5.73 Å². The molecule has 1 aliphatic carbocycles. The van der Waals surface area contributed by atoms with Crippen molar-refractivity contribution in [2.75, 3.05) is 0 Å². The molecule has 1 atom stereocenters. The molecule has 6 heteroatoms. The Bertz CT molecular complexity index is 426. The molecule has 0 bridgehead atoms. The number of carbonyl (C=O) groups excluding carboxylic acids is 1. The molecule has 0 spiro atoms. The van der Waals surface area contributed by atoms with Gasteiger partial charge < -0.3 is 5.73 Å². The predicted octanol–water partition coefficient (Wildman–Crippen LogP) is 0.669. The number of hydrogen-bond acceptors (Lipinski definition) is 4. The summed E-state index contributed by atoms with van der Waals surface area (Å²) in [6.07, 6.45) is 3.30. The molecule has 0 heterocycles. The quantitative estimate of drug-likeness (QED) is 0.687. The summed E-state index contributed by atoms with van der Waals surface area (Å²) in [4.78, 5) is 11.9. The second-order valence-corrected chi connectivity index (χ2v) is 7.08. The second-order valence-electron chi connectivity index (χ2n) is 4.89. The summed E-state index contributed by atoms with van der Waals surface area (Å²) >= 11 is 0. The lowest BCUT2D eigenvalue weighted by molar-refractivity contribution is -0.124. The fraction of sp³-hybridized carbons (Fsp3) is 0.727. The maximum atomic E-state index is 11.9. The van der Waals surface area contributed by atoms with E-state index in [2.05, 4.69) is 11.3 Å². The van der Waals surface area contributed by atoms with Crippen LogP contribution in [-0.4, -0.2) is 24.6 Å². The van der Waals surface area contributed by atoms with Gasteiger partial charge in [-0.05, 0) is 32.6 Å². The largest absolute Gasteiger partial charge is 0.317 e. The molecule has 3 N–H and O–H groups in total. The molecule has 5 nitrogen and oxygen atoms in total. The first-order valence-electron chi connectivity index (χ1n) is 5.67. The topological polar surface area (TPSA) is 89.3 Å². The standard InChI is InChI=1S/C11H20N2O3S/c1-4-6-11(12,5-2)9(14)13-17(15,16)10(3)7-8-10/h4H,1,5-8,12H2,2-3H3,(H,13,14). The van der Waals surface area contributed by atoms with Crippen molar-refractivity contribution in [1.82, 2.24) is 4.72 Å².